The monoisotopic (exact) mass is 272 g/mol. The van der Waals surface area contributed by atoms with E-state index in [1.54, 1.807) is 16.7 Å². The molecule has 0 aromatic carbocycles. The molecule has 0 bridgehead atoms. The maximum absolute atomic E-state index is 2.59. The Morgan fingerprint density at radius 2 is 2.05 bits per heavy atom. The van der Waals surface area contributed by atoms with Crippen LogP contribution in [0.5, 0.6) is 0 Å². The first-order valence-corrected chi connectivity index (χ1v) is 8.46. The second-order valence-corrected chi connectivity index (χ2v) is 7.58. The molecule has 0 unspecified atom stereocenters. The van der Waals surface area contributed by atoms with Crippen LogP contribution < -0.4 is 0 Å². The third-order valence-corrected chi connectivity index (χ3v) is 5.49. The van der Waals surface area contributed by atoms with Crippen molar-refractivity contribution in [3.05, 3.63) is 34.4 Å². The van der Waals surface area contributed by atoms with Crippen molar-refractivity contribution in [2.75, 3.05) is 0 Å². The fourth-order valence-electron chi connectivity index (χ4n) is 4.02. The van der Waals surface area contributed by atoms with Crippen LogP contribution in [-0.2, 0) is 0 Å². The van der Waals surface area contributed by atoms with Crippen molar-refractivity contribution in [3.63, 3.8) is 0 Å². The van der Waals surface area contributed by atoms with Gasteiger partial charge in [0, 0.05) is 0 Å². The zero-order valence-corrected chi connectivity index (χ0v) is 14.2. The van der Waals surface area contributed by atoms with E-state index in [-0.39, 0.29) is 0 Å². The summed E-state index contributed by atoms with van der Waals surface area (Å²) in [4.78, 5) is 0. The largest absolute Gasteiger partial charge is 0.0856 e. The third kappa shape index (κ3) is 3.45. The van der Waals surface area contributed by atoms with E-state index in [0.29, 0.717) is 5.41 Å². The molecule has 0 amide bonds. The van der Waals surface area contributed by atoms with Crippen LogP contribution in [-0.4, -0.2) is 0 Å². The van der Waals surface area contributed by atoms with Crippen LogP contribution in [0.15, 0.2) is 34.4 Å². The molecule has 0 nitrogen and oxygen atoms in total. The SMILES string of the molecule is CC(C)=CCCC(C)=C1C=C2[C@@H](C)CCC[C@]2(C)CC1. The van der Waals surface area contributed by atoms with E-state index in [9.17, 15) is 0 Å². The molecule has 0 heteroatoms. The maximum Gasteiger partial charge on any atom is -0.0107 e. The van der Waals surface area contributed by atoms with E-state index in [0.717, 1.165) is 5.92 Å². The van der Waals surface area contributed by atoms with Crippen LogP contribution in [0.25, 0.3) is 0 Å². The lowest BCUT2D eigenvalue weighted by Crippen LogP contribution is -2.30. The summed E-state index contributed by atoms with van der Waals surface area (Å²) in [7, 11) is 0. The van der Waals surface area contributed by atoms with Crippen molar-refractivity contribution in [3.8, 4) is 0 Å². The van der Waals surface area contributed by atoms with Gasteiger partial charge in [-0.25, -0.2) is 0 Å². The Hall–Kier alpha value is -0.780. The molecule has 2 atom stereocenters. The number of rotatable bonds is 3. The van der Waals surface area contributed by atoms with Gasteiger partial charge in [-0.05, 0) is 76.2 Å². The summed E-state index contributed by atoms with van der Waals surface area (Å²) in [6.45, 7) is 11.7. The van der Waals surface area contributed by atoms with Gasteiger partial charge < -0.3 is 0 Å². The van der Waals surface area contributed by atoms with Gasteiger partial charge in [-0.2, -0.15) is 0 Å². The molecule has 0 heterocycles. The smallest absolute Gasteiger partial charge is 0.0107 e. The summed E-state index contributed by atoms with van der Waals surface area (Å²) in [6, 6.07) is 0. The Bertz CT molecular complexity index is 443. The van der Waals surface area contributed by atoms with Crippen LogP contribution in [0.4, 0.5) is 0 Å². The lowest BCUT2D eigenvalue weighted by atomic mass is 9.61. The van der Waals surface area contributed by atoms with E-state index in [1.807, 2.05) is 0 Å². The van der Waals surface area contributed by atoms with E-state index in [4.69, 9.17) is 0 Å². The van der Waals surface area contributed by atoms with Crippen molar-refractivity contribution in [1.29, 1.82) is 0 Å². The van der Waals surface area contributed by atoms with Crippen molar-refractivity contribution < 1.29 is 0 Å². The molecule has 0 aromatic rings. The second kappa shape index (κ2) is 6.33. The lowest BCUT2D eigenvalue weighted by Gasteiger charge is -2.43. The average Bonchev–Trinajstić information content (AvgIpc) is 2.37. The van der Waals surface area contributed by atoms with E-state index < -0.39 is 0 Å². The van der Waals surface area contributed by atoms with Crippen LogP contribution in [0.3, 0.4) is 0 Å². The minimum atomic E-state index is 0.515. The summed E-state index contributed by atoms with van der Waals surface area (Å²) < 4.78 is 0. The van der Waals surface area contributed by atoms with Crippen LogP contribution in [0.2, 0.25) is 0 Å². The third-order valence-electron chi connectivity index (χ3n) is 5.49. The quantitative estimate of drug-likeness (QED) is 0.508. The summed E-state index contributed by atoms with van der Waals surface area (Å²) in [6.07, 6.45) is 14.3. The Morgan fingerprint density at radius 1 is 1.30 bits per heavy atom. The number of hydrogen-bond donors (Lipinski definition) is 0. The topological polar surface area (TPSA) is 0 Å². The van der Waals surface area contributed by atoms with Gasteiger partial charge in [0.1, 0.15) is 0 Å². The molecule has 0 spiro atoms. The first kappa shape index (κ1) is 15.6. The van der Waals surface area contributed by atoms with Crippen molar-refractivity contribution >= 4 is 0 Å². The first-order valence-electron chi connectivity index (χ1n) is 8.46. The Balaban J connectivity index is 2.16. The predicted octanol–water partition coefficient (Wildman–Crippen LogP) is 6.60. The highest BCUT2D eigenvalue weighted by Gasteiger charge is 2.37. The van der Waals surface area contributed by atoms with Crippen LogP contribution in [0, 0.1) is 11.3 Å². The summed E-state index contributed by atoms with van der Waals surface area (Å²) in [5.74, 6) is 0.801. The molecule has 1 fully saturated rings. The Kier molecular flexibility index (Phi) is 4.94. The average molecular weight is 272 g/mol. The van der Waals surface area contributed by atoms with Crippen LogP contribution >= 0.6 is 0 Å². The number of fused-ring (bicyclic) bond motifs is 1. The fraction of sp³-hybridized carbons (Fsp3) is 0.700. The highest BCUT2D eigenvalue weighted by molar-refractivity contribution is 5.36. The summed E-state index contributed by atoms with van der Waals surface area (Å²) >= 11 is 0. The predicted molar refractivity (Wildman–Crippen MR) is 89.8 cm³/mol. The molecule has 112 valence electrons. The standard InChI is InChI=1S/C20H32/c1-15(2)8-6-9-16(3)18-11-13-20(5)12-7-10-17(4)19(20)14-18/h8,14,17H,6-7,9-13H2,1-5H3/t17-,20+/m0/s1. The van der Waals surface area contributed by atoms with E-state index in [1.165, 1.54) is 50.5 Å². The summed E-state index contributed by atoms with van der Waals surface area (Å²) in [5, 5.41) is 0. The van der Waals surface area contributed by atoms with Gasteiger partial charge in [-0.1, -0.05) is 49.1 Å². The second-order valence-electron chi connectivity index (χ2n) is 7.58. The molecule has 2 rings (SSSR count). The molecule has 0 N–H and O–H groups in total. The number of allylic oxidation sites excluding steroid dienone is 6. The van der Waals surface area contributed by atoms with Gasteiger partial charge in [0.2, 0.25) is 0 Å². The molecule has 20 heavy (non-hydrogen) atoms. The highest BCUT2D eigenvalue weighted by atomic mass is 14.4. The van der Waals surface area contributed by atoms with E-state index >= 15 is 0 Å². The normalized spacial score (nSPS) is 32.2. The minimum Gasteiger partial charge on any atom is -0.0856 e. The van der Waals surface area contributed by atoms with Gasteiger partial charge in [-0.3, -0.25) is 0 Å². The molecule has 1 saturated carbocycles. The van der Waals surface area contributed by atoms with Gasteiger partial charge in [0.15, 0.2) is 0 Å². The summed E-state index contributed by atoms with van der Waals surface area (Å²) in [5.41, 5.74) is 6.98. The zero-order valence-electron chi connectivity index (χ0n) is 14.2. The molecule has 2 aliphatic carbocycles. The van der Waals surface area contributed by atoms with Crippen LogP contribution in [0.1, 0.15) is 79.6 Å². The molecule has 0 aromatic heterocycles. The van der Waals surface area contributed by atoms with Gasteiger partial charge >= 0.3 is 0 Å². The molecule has 0 aliphatic heterocycles. The first-order chi connectivity index (χ1) is 9.42. The van der Waals surface area contributed by atoms with Crippen molar-refractivity contribution in [2.45, 2.75) is 79.6 Å². The maximum atomic E-state index is 2.59. The minimum absolute atomic E-state index is 0.515. The van der Waals surface area contributed by atoms with Crippen molar-refractivity contribution in [1.82, 2.24) is 0 Å². The highest BCUT2D eigenvalue weighted by Crippen LogP contribution is 2.50. The molecule has 2 aliphatic rings. The van der Waals surface area contributed by atoms with Gasteiger partial charge in [-0.15, -0.1) is 0 Å². The Labute approximate surface area is 126 Å². The zero-order chi connectivity index (χ0) is 14.8. The molecule has 0 radical (unpaired) electrons. The fourth-order valence-corrected chi connectivity index (χ4v) is 4.02. The number of hydrogen-bond acceptors (Lipinski definition) is 0. The van der Waals surface area contributed by atoms with Gasteiger partial charge in [0.25, 0.3) is 0 Å². The molecular formula is C20H32. The van der Waals surface area contributed by atoms with E-state index in [2.05, 4.69) is 46.8 Å². The van der Waals surface area contributed by atoms with Gasteiger partial charge in [0.05, 0.1) is 0 Å². The molecule has 0 saturated heterocycles. The van der Waals surface area contributed by atoms with Crippen molar-refractivity contribution in [2.24, 2.45) is 11.3 Å². The lowest BCUT2D eigenvalue weighted by molar-refractivity contribution is 0.238. The molecular weight excluding hydrogens is 240 g/mol. The Morgan fingerprint density at radius 3 is 2.75 bits per heavy atom.